The molecule has 0 atom stereocenters. The first-order valence-corrected chi connectivity index (χ1v) is 15.1. The third-order valence-electron chi connectivity index (χ3n) is 8.04. The van der Waals surface area contributed by atoms with Crippen LogP contribution in [0.1, 0.15) is 11.5 Å². The molecule has 0 aliphatic carbocycles. The molecule has 0 bridgehead atoms. The summed E-state index contributed by atoms with van der Waals surface area (Å²) in [7, 11) is 6.21. The molecule has 0 radical (unpaired) electrons. The Hall–Kier alpha value is -5.90. The van der Waals surface area contributed by atoms with E-state index in [4.69, 9.17) is 37.3 Å². The van der Waals surface area contributed by atoms with Crippen LogP contribution < -0.4 is 39.3 Å². The number of fused-ring (bicyclic) bond motifs is 2. The van der Waals surface area contributed by atoms with Crippen LogP contribution >= 0.6 is 0 Å². The molecular weight excluding hydrogens is 616 g/mol. The van der Waals surface area contributed by atoms with E-state index in [0.29, 0.717) is 90.2 Å². The van der Waals surface area contributed by atoms with Crippen LogP contribution in [0.4, 0.5) is 0 Å². The minimum absolute atomic E-state index is 0.162. The molecule has 0 aliphatic heterocycles. The molecule has 10 heteroatoms. The lowest BCUT2D eigenvalue weighted by Crippen LogP contribution is -2.11. The van der Waals surface area contributed by atoms with Crippen molar-refractivity contribution in [3.05, 3.63) is 105 Å². The van der Waals surface area contributed by atoms with Crippen LogP contribution in [0.5, 0.6) is 34.5 Å². The Morgan fingerprint density at radius 3 is 1.27 bits per heavy atom. The first-order valence-electron chi connectivity index (χ1n) is 15.1. The smallest absolute Gasteiger partial charge is 0.200 e. The molecule has 4 aromatic carbocycles. The maximum absolute atomic E-state index is 13.5. The van der Waals surface area contributed by atoms with Crippen LogP contribution in [0, 0.1) is 13.8 Å². The Morgan fingerprint density at radius 2 is 0.896 bits per heavy atom. The van der Waals surface area contributed by atoms with Gasteiger partial charge >= 0.3 is 0 Å². The Balaban J connectivity index is 1.15. The highest BCUT2D eigenvalue weighted by Crippen LogP contribution is 2.35. The average Bonchev–Trinajstić information content (AvgIpc) is 3.09. The largest absolute Gasteiger partial charge is 0.493 e. The zero-order chi connectivity index (χ0) is 33.9. The van der Waals surface area contributed by atoms with E-state index in [0.717, 1.165) is 0 Å². The fourth-order valence-electron chi connectivity index (χ4n) is 5.72. The molecule has 0 saturated heterocycles. The molecule has 246 valence electrons. The van der Waals surface area contributed by atoms with E-state index in [9.17, 15) is 9.59 Å². The Kier molecular flexibility index (Phi) is 8.98. The minimum Gasteiger partial charge on any atom is -0.493 e. The first-order chi connectivity index (χ1) is 23.3. The van der Waals surface area contributed by atoms with Gasteiger partial charge in [-0.25, -0.2) is 0 Å². The van der Waals surface area contributed by atoms with Crippen LogP contribution in [0.2, 0.25) is 0 Å². The van der Waals surface area contributed by atoms with Crippen molar-refractivity contribution in [3.63, 3.8) is 0 Å². The summed E-state index contributed by atoms with van der Waals surface area (Å²) < 4.78 is 45.4. The van der Waals surface area contributed by atoms with Crippen molar-refractivity contribution >= 4 is 21.9 Å². The highest BCUT2D eigenvalue weighted by Gasteiger charge is 2.18. The van der Waals surface area contributed by atoms with Gasteiger partial charge < -0.3 is 37.3 Å². The summed E-state index contributed by atoms with van der Waals surface area (Å²) in [6.45, 7) is 3.94. The number of methoxy groups -OCH3 is 4. The van der Waals surface area contributed by atoms with Crippen molar-refractivity contribution < 1.29 is 37.3 Å². The number of ether oxygens (including phenoxy) is 6. The number of rotatable bonds is 11. The normalized spacial score (nSPS) is 11.0. The van der Waals surface area contributed by atoms with E-state index in [1.165, 1.54) is 0 Å². The molecule has 2 aromatic heterocycles. The molecule has 0 fully saturated rings. The van der Waals surface area contributed by atoms with Gasteiger partial charge in [0, 0.05) is 12.1 Å². The van der Waals surface area contributed by atoms with Crippen LogP contribution in [0.3, 0.4) is 0 Å². The van der Waals surface area contributed by atoms with Gasteiger partial charge in [-0.3, -0.25) is 9.59 Å². The van der Waals surface area contributed by atoms with Crippen molar-refractivity contribution in [3.8, 4) is 56.8 Å². The van der Waals surface area contributed by atoms with Crippen LogP contribution in [0.15, 0.2) is 91.2 Å². The zero-order valence-electron chi connectivity index (χ0n) is 27.4. The highest BCUT2D eigenvalue weighted by atomic mass is 16.5. The van der Waals surface area contributed by atoms with E-state index in [-0.39, 0.29) is 24.1 Å². The lowest BCUT2D eigenvalue weighted by Gasteiger charge is -2.13. The topological polar surface area (TPSA) is 116 Å². The maximum atomic E-state index is 13.5. The number of hydrogen-bond donors (Lipinski definition) is 0. The van der Waals surface area contributed by atoms with E-state index >= 15 is 0 Å². The Labute approximate surface area is 275 Å². The third kappa shape index (κ3) is 6.00. The predicted octanol–water partition coefficient (Wildman–Crippen LogP) is 7.34. The predicted molar refractivity (Wildman–Crippen MR) is 183 cm³/mol. The second-order valence-corrected chi connectivity index (χ2v) is 10.9. The molecule has 6 aromatic rings. The monoisotopic (exact) mass is 650 g/mol. The van der Waals surface area contributed by atoms with Gasteiger partial charge in [0.1, 0.15) is 47.4 Å². The lowest BCUT2D eigenvalue weighted by atomic mass is 10.0. The molecule has 0 spiro atoms. The molecule has 10 nitrogen and oxygen atoms in total. The first kappa shape index (κ1) is 32.1. The van der Waals surface area contributed by atoms with Crippen molar-refractivity contribution in [2.45, 2.75) is 13.8 Å². The van der Waals surface area contributed by atoms with Gasteiger partial charge in [-0.1, -0.05) is 12.1 Å². The zero-order valence-corrected chi connectivity index (χ0v) is 27.4. The van der Waals surface area contributed by atoms with Gasteiger partial charge in [-0.15, -0.1) is 0 Å². The fraction of sp³-hybridized carbons (Fsp3) is 0.211. The molecule has 0 N–H and O–H groups in total. The fourth-order valence-corrected chi connectivity index (χ4v) is 5.72. The van der Waals surface area contributed by atoms with Gasteiger partial charge in [0.25, 0.3) is 0 Å². The second-order valence-electron chi connectivity index (χ2n) is 10.9. The average molecular weight is 651 g/mol. The molecule has 6 rings (SSSR count). The van der Waals surface area contributed by atoms with Gasteiger partial charge in [0.15, 0.2) is 23.0 Å². The summed E-state index contributed by atoms with van der Waals surface area (Å²) in [6.07, 6.45) is 0. The Morgan fingerprint density at radius 1 is 0.500 bits per heavy atom. The van der Waals surface area contributed by atoms with Gasteiger partial charge in [0.2, 0.25) is 10.9 Å². The third-order valence-corrected chi connectivity index (χ3v) is 8.04. The van der Waals surface area contributed by atoms with E-state index < -0.39 is 0 Å². The highest BCUT2D eigenvalue weighted by molar-refractivity contribution is 5.85. The van der Waals surface area contributed by atoms with Gasteiger partial charge in [0.05, 0.1) is 50.3 Å². The summed E-state index contributed by atoms with van der Waals surface area (Å²) >= 11 is 0. The molecule has 0 aliphatic rings. The van der Waals surface area contributed by atoms with Gasteiger partial charge in [-0.2, -0.15) is 0 Å². The van der Waals surface area contributed by atoms with Crippen molar-refractivity contribution in [2.24, 2.45) is 0 Å². The van der Waals surface area contributed by atoms with Crippen molar-refractivity contribution in [1.82, 2.24) is 0 Å². The molecular formula is C38H34O10. The minimum atomic E-state index is -0.162. The lowest BCUT2D eigenvalue weighted by molar-refractivity contribution is 0.217. The number of aryl methyl sites for hydroxylation is 2. The summed E-state index contributed by atoms with van der Waals surface area (Å²) in [5.41, 5.74) is 2.72. The molecule has 0 saturated carbocycles. The van der Waals surface area contributed by atoms with Crippen LogP contribution in [0.25, 0.3) is 44.2 Å². The Bertz CT molecular complexity index is 2100. The standard InChI is InChI=1S/C38H34O10/c1-21-35(23-7-13-29(41-3)33(17-23)43-5)37(39)27-11-9-25(19-31(27)47-21)45-15-16-46-26-10-12-28-32(20-26)48-22(2)36(38(28)40)24-8-14-30(42-4)34(18-24)44-6/h7-14,17-20H,15-16H2,1-6H3. The van der Waals surface area contributed by atoms with Crippen molar-refractivity contribution in [1.29, 1.82) is 0 Å². The molecule has 0 amide bonds. The molecule has 48 heavy (non-hydrogen) atoms. The molecule has 2 heterocycles. The summed E-state index contributed by atoms with van der Waals surface area (Å²) in [5.74, 6) is 4.15. The number of hydrogen-bond acceptors (Lipinski definition) is 10. The maximum Gasteiger partial charge on any atom is 0.200 e. The van der Waals surface area contributed by atoms with E-state index in [2.05, 4.69) is 0 Å². The summed E-state index contributed by atoms with van der Waals surface area (Å²) in [4.78, 5) is 27.0. The van der Waals surface area contributed by atoms with E-state index in [1.807, 2.05) is 0 Å². The van der Waals surface area contributed by atoms with Crippen molar-refractivity contribution in [2.75, 3.05) is 41.7 Å². The summed E-state index contributed by atoms with van der Waals surface area (Å²) in [6, 6.07) is 20.8. The SMILES string of the molecule is COc1ccc(-c2c(C)oc3cc(OCCOc4ccc5c(=O)c(-c6ccc(OC)c(OC)c6)c(C)oc5c4)ccc3c2=O)cc1OC. The quantitative estimate of drug-likeness (QED) is 0.132. The number of benzene rings is 4. The summed E-state index contributed by atoms with van der Waals surface area (Å²) in [5, 5.41) is 0.854. The molecule has 0 unspecified atom stereocenters. The van der Waals surface area contributed by atoms with E-state index in [1.54, 1.807) is 115 Å². The second kappa shape index (κ2) is 13.4. The van der Waals surface area contributed by atoms with Gasteiger partial charge in [-0.05, 0) is 73.5 Å². The van der Waals surface area contributed by atoms with Crippen LogP contribution in [-0.2, 0) is 0 Å². The van der Waals surface area contributed by atoms with Crippen LogP contribution in [-0.4, -0.2) is 41.7 Å².